The van der Waals surface area contributed by atoms with E-state index in [1.165, 1.54) is 0 Å². The van der Waals surface area contributed by atoms with Gasteiger partial charge >= 0.3 is 0 Å². The topological polar surface area (TPSA) is 74.6 Å². The van der Waals surface area contributed by atoms with E-state index in [0.29, 0.717) is 40.5 Å². The Morgan fingerprint density at radius 1 is 1.00 bits per heavy atom. The number of hydrogen-bond acceptors (Lipinski definition) is 5. The molecule has 0 aliphatic carbocycles. The fourth-order valence-corrected chi connectivity index (χ4v) is 2.64. The molecule has 0 amide bonds. The molecule has 0 aromatic carbocycles. The molecule has 9 heteroatoms. The fraction of sp³-hybridized carbons (Fsp3) is 0.429. The molecule has 122 valence electrons. The van der Waals surface area contributed by atoms with E-state index in [9.17, 15) is 0 Å². The van der Waals surface area contributed by atoms with E-state index in [0.717, 1.165) is 17.1 Å². The average molecular weight is 355 g/mol. The van der Waals surface area contributed by atoms with E-state index in [2.05, 4.69) is 20.4 Å². The molecule has 0 radical (unpaired) electrons. The molecular formula is C14H16Cl2N6O. The first-order chi connectivity index (χ1) is 10.9. The molecule has 3 aromatic heterocycles. The summed E-state index contributed by atoms with van der Waals surface area (Å²) in [4.78, 5) is 0. The fourth-order valence-electron chi connectivity index (χ4n) is 2.26. The van der Waals surface area contributed by atoms with Gasteiger partial charge in [-0.25, -0.2) is 0 Å². The molecule has 3 rings (SSSR count). The highest BCUT2D eigenvalue weighted by molar-refractivity contribution is 6.33. The zero-order valence-electron chi connectivity index (χ0n) is 13.3. The molecule has 0 aliphatic heterocycles. The van der Waals surface area contributed by atoms with Gasteiger partial charge in [0, 0.05) is 20.0 Å². The van der Waals surface area contributed by atoms with Gasteiger partial charge in [-0.3, -0.25) is 9.36 Å². The lowest BCUT2D eigenvalue weighted by Gasteiger charge is -2.01. The quantitative estimate of drug-likeness (QED) is 0.719. The maximum Gasteiger partial charge on any atom is 0.269 e. The lowest BCUT2D eigenvalue weighted by molar-refractivity contribution is 0.470. The number of hydrogen-bond donors (Lipinski definition) is 0. The third-order valence-corrected chi connectivity index (χ3v) is 4.76. The second-order valence-corrected chi connectivity index (χ2v) is 6.09. The highest BCUT2D eigenvalue weighted by Gasteiger charge is 2.19. The molecule has 3 heterocycles. The van der Waals surface area contributed by atoms with Gasteiger partial charge in [0.2, 0.25) is 5.89 Å². The van der Waals surface area contributed by atoms with Gasteiger partial charge in [-0.05, 0) is 20.8 Å². The maximum atomic E-state index is 6.23. The monoisotopic (exact) mass is 354 g/mol. The van der Waals surface area contributed by atoms with Crippen LogP contribution in [-0.2, 0) is 20.0 Å². The summed E-state index contributed by atoms with van der Waals surface area (Å²) in [5.41, 5.74) is 3.08. The first kappa shape index (κ1) is 16.0. The third-order valence-electron chi connectivity index (χ3n) is 3.76. The van der Waals surface area contributed by atoms with Crippen LogP contribution in [0, 0.1) is 20.8 Å². The number of rotatable bonds is 4. The summed E-state index contributed by atoms with van der Waals surface area (Å²) in [5, 5.41) is 18.0. The van der Waals surface area contributed by atoms with Gasteiger partial charge in [-0.15, -0.1) is 10.2 Å². The number of nitrogens with zero attached hydrogens (tertiary/aromatic N) is 6. The van der Waals surface area contributed by atoms with Gasteiger partial charge < -0.3 is 4.42 Å². The van der Waals surface area contributed by atoms with Crippen LogP contribution in [0.1, 0.15) is 23.0 Å². The Morgan fingerprint density at radius 2 is 1.74 bits per heavy atom. The standard InChI is InChI=1S/C14H16Cl2N6O/c1-7-11(15)9(3)22(19-7)6-5-10-17-18-14(23-10)13-12(16)8(2)21(4)20-13/h5-6H2,1-4H3. The molecular weight excluding hydrogens is 339 g/mol. The van der Waals surface area contributed by atoms with Crippen LogP contribution in [-0.4, -0.2) is 29.8 Å². The summed E-state index contributed by atoms with van der Waals surface area (Å²) < 4.78 is 9.17. The van der Waals surface area contributed by atoms with Crippen LogP contribution < -0.4 is 0 Å². The Morgan fingerprint density at radius 3 is 2.30 bits per heavy atom. The largest absolute Gasteiger partial charge is 0.419 e. The predicted molar refractivity (Wildman–Crippen MR) is 86.7 cm³/mol. The van der Waals surface area contributed by atoms with Gasteiger partial charge in [-0.1, -0.05) is 23.2 Å². The summed E-state index contributed by atoms with van der Waals surface area (Å²) in [6, 6.07) is 0. The van der Waals surface area contributed by atoms with Gasteiger partial charge in [0.05, 0.1) is 27.1 Å². The van der Waals surface area contributed by atoms with Crippen LogP contribution in [0.5, 0.6) is 0 Å². The van der Waals surface area contributed by atoms with E-state index in [1.54, 1.807) is 4.68 Å². The van der Waals surface area contributed by atoms with Crippen molar-refractivity contribution in [3.63, 3.8) is 0 Å². The minimum absolute atomic E-state index is 0.320. The molecule has 0 fully saturated rings. The second-order valence-electron chi connectivity index (χ2n) is 5.33. The van der Waals surface area contributed by atoms with Crippen LogP contribution in [0.4, 0.5) is 0 Å². The summed E-state index contributed by atoms with van der Waals surface area (Å²) in [6.07, 6.45) is 0.550. The molecule has 7 nitrogen and oxygen atoms in total. The Kier molecular flexibility index (Phi) is 4.16. The molecule has 0 bridgehead atoms. The SMILES string of the molecule is Cc1nn(CCc2nnc(-c3nn(C)c(C)c3Cl)o2)c(C)c1Cl. The molecule has 0 spiro atoms. The van der Waals surface area contributed by atoms with Gasteiger partial charge in [0.15, 0.2) is 5.69 Å². The first-order valence-corrected chi connectivity index (χ1v) is 7.85. The van der Waals surface area contributed by atoms with E-state index in [-0.39, 0.29) is 0 Å². The Hall–Kier alpha value is -1.86. The third kappa shape index (κ3) is 2.86. The van der Waals surface area contributed by atoms with Crippen molar-refractivity contribution in [1.29, 1.82) is 0 Å². The molecule has 0 unspecified atom stereocenters. The minimum Gasteiger partial charge on any atom is -0.419 e. The Bertz CT molecular complexity index is 863. The van der Waals surface area contributed by atoms with E-state index in [1.807, 2.05) is 32.5 Å². The van der Waals surface area contributed by atoms with Crippen molar-refractivity contribution in [3.8, 4) is 11.6 Å². The normalized spacial score (nSPS) is 11.4. The predicted octanol–water partition coefficient (Wildman–Crippen LogP) is 3.14. The molecule has 0 saturated carbocycles. The second kappa shape index (κ2) is 5.98. The van der Waals surface area contributed by atoms with Crippen molar-refractivity contribution in [3.05, 3.63) is 33.0 Å². The van der Waals surface area contributed by atoms with Crippen molar-refractivity contribution in [2.24, 2.45) is 7.05 Å². The molecule has 0 N–H and O–H groups in total. The molecule has 0 atom stereocenters. The molecule has 0 saturated heterocycles. The summed E-state index contributed by atoms with van der Waals surface area (Å²) >= 11 is 12.4. The van der Waals surface area contributed by atoms with Crippen LogP contribution >= 0.6 is 23.2 Å². The number of aromatic nitrogens is 6. The first-order valence-electron chi connectivity index (χ1n) is 7.09. The van der Waals surface area contributed by atoms with Crippen LogP contribution in [0.25, 0.3) is 11.6 Å². The zero-order valence-corrected chi connectivity index (χ0v) is 14.8. The van der Waals surface area contributed by atoms with Crippen LogP contribution in [0.2, 0.25) is 10.0 Å². The number of halogens is 2. The molecule has 23 heavy (non-hydrogen) atoms. The van der Waals surface area contributed by atoms with Crippen molar-refractivity contribution in [2.75, 3.05) is 0 Å². The van der Waals surface area contributed by atoms with E-state index < -0.39 is 0 Å². The maximum absolute atomic E-state index is 6.23. The Balaban J connectivity index is 1.77. The highest BCUT2D eigenvalue weighted by Crippen LogP contribution is 2.28. The van der Waals surface area contributed by atoms with Crippen molar-refractivity contribution < 1.29 is 4.42 Å². The molecule has 0 aliphatic rings. The summed E-state index contributed by atoms with van der Waals surface area (Å²) in [7, 11) is 1.81. The van der Waals surface area contributed by atoms with Gasteiger partial charge in [0.25, 0.3) is 5.89 Å². The van der Waals surface area contributed by atoms with E-state index in [4.69, 9.17) is 27.6 Å². The van der Waals surface area contributed by atoms with Crippen molar-refractivity contribution in [1.82, 2.24) is 29.8 Å². The average Bonchev–Trinajstić information content (AvgIpc) is 3.16. The van der Waals surface area contributed by atoms with Crippen LogP contribution in [0.15, 0.2) is 4.42 Å². The zero-order chi connectivity index (χ0) is 16.7. The van der Waals surface area contributed by atoms with Crippen LogP contribution in [0.3, 0.4) is 0 Å². The van der Waals surface area contributed by atoms with Gasteiger partial charge in [0.1, 0.15) is 0 Å². The summed E-state index contributed by atoms with van der Waals surface area (Å²) in [5.74, 6) is 0.822. The van der Waals surface area contributed by atoms with E-state index >= 15 is 0 Å². The highest BCUT2D eigenvalue weighted by atomic mass is 35.5. The Labute approximate surface area is 143 Å². The van der Waals surface area contributed by atoms with Crippen molar-refractivity contribution >= 4 is 23.2 Å². The number of aryl methyl sites for hydroxylation is 4. The molecule has 3 aromatic rings. The smallest absolute Gasteiger partial charge is 0.269 e. The van der Waals surface area contributed by atoms with Gasteiger partial charge in [-0.2, -0.15) is 10.2 Å². The minimum atomic E-state index is 0.320. The summed E-state index contributed by atoms with van der Waals surface area (Å²) in [6.45, 7) is 6.29. The lowest BCUT2D eigenvalue weighted by atomic mass is 10.3. The lowest BCUT2D eigenvalue weighted by Crippen LogP contribution is -2.05. The van der Waals surface area contributed by atoms with Crippen molar-refractivity contribution in [2.45, 2.75) is 33.7 Å².